The van der Waals surface area contributed by atoms with Crippen molar-refractivity contribution >= 4 is 9.28 Å². The molecule has 0 aliphatic heterocycles. The molecule has 2 nitrogen and oxygen atoms in total. The van der Waals surface area contributed by atoms with Crippen molar-refractivity contribution in [3.05, 3.63) is 0 Å². The molecule has 0 aromatic heterocycles. The first-order valence-electron chi connectivity index (χ1n) is 5.00. The maximum atomic E-state index is 13.0. The molecule has 0 amide bonds. The lowest BCUT2D eigenvalue weighted by atomic mass is 10.0. The third kappa shape index (κ3) is 3.58. The molecule has 0 radical (unpaired) electrons. The van der Waals surface area contributed by atoms with Gasteiger partial charge in [0.15, 0.2) is 0 Å². The van der Waals surface area contributed by atoms with Gasteiger partial charge in [0, 0.05) is 20.6 Å². The molecular weight excluding hydrogens is 327 g/mol. The van der Waals surface area contributed by atoms with E-state index in [2.05, 4.69) is 8.85 Å². The lowest BCUT2D eigenvalue weighted by Gasteiger charge is -2.33. The van der Waals surface area contributed by atoms with Crippen LogP contribution in [0.4, 0.5) is 39.5 Å². The van der Waals surface area contributed by atoms with Crippen molar-refractivity contribution in [3.63, 3.8) is 0 Å². The highest BCUT2D eigenvalue weighted by atomic mass is 28.3. The van der Waals surface area contributed by atoms with E-state index in [0.29, 0.717) is 0 Å². The molecule has 0 aromatic carbocycles. The normalized spacial score (nSPS) is 15.0. The van der Waals surface area contributed by atoms with Crippen LogP contribution in [0.3, 0.4) is 0 Å². The number of rotatable bonds is 7. The standard InChI is InChI=1S/C8H11F9O2Si/c1-18-20(19-2)4-3-5(9,10)6(11,12)7(13,14)8(15,16)17/h20H,3-4H2,1-2H3. The monoisotopic (exact) mass is 338 g/mol. The zero-order chi connectivity index (χ0) is 16.4. The highest BCUT2D eigenvalue weighted by Gasteiger charge is 2.81. The Morgan fingerprint density at radius 3 is 1.45 bits per heavy atom. The molecule has 0 heterocycles. The molecular formula is C8H11F9O2Si. The summed E-state index contributed by atoms with van der Waals surface area (Å²) in [5, 5.41) is 0. The predicted octanol–water partition coefficient (Wildman–Crippen LogP) is 3.36. The van der Waals surface area contributed by atoms with E-state index < -0.39 is 45.7 Å². The first kappa shape index (κ1) is 19.5. The lowest BCUT2D eigenvalue weighted by Crippen LogP contribution is -2.60. The van der Waals surface area contributed by atoms with E-state index in [0.717, 1.165) is 14.2 Å². The summed E-state index contributed by atoms with van der Waals surface area (Å²) < 4.78 is 121. The second kappa shape index (κ2) is 6.09. The Labute approximate surface area is 109 Å². The molecule has 0 aliphatic carbocycles. The largest absolute Gasteiger partial charge is 0.460 e. The molecule has 0 spiro atoms. The van der Waals surface area contributed by atoms with Gasteiger partial charge in [-0.15, -0.1) is 0 Å². The minimum absolute atomic E-state index is 0.858. The van der Waals surface area contributed by atoms with Crippen molar-refractivity contribution in [1.82, 2.24) is 0 Å². The molecule has 0 fully saturated rings. The fourth-order valence-electron chi connectivity index (χ4n) is 1.20. The van der Waals surface area contributed by atoms with Gasteiger partial charge in [0.25, 0.3) is 0 Å². The number of halogens is 9. The number of hydrogen-bond acceptors (Lipinski definition) is 2. The molecule has 0 N–H and O–H groups in total. The Kier molecular flexibility index (Phi) is 5.94. The van der Waals surface area contributed by atoms with Gasteiger partial charge >= 0.3 is 33.2 Å². The predicted molar refractivity (Wildman–Crippen MR) is 51.5 cm³/mol. The topological polar surface area (TPSA) is 18.5 Å². The van der Waals surface area contributed by atoms with Gasteiger partial charge in [-0.25, -0.2) is 0 Å². The zero-order valence-electron chi connectivity index (χ0n) is 10.2. The summed E-state index contributed by atoms with van der Waals surface area (Å²) in [7, 11) is -0.769. The van der Waals surface area contributed by atoms with Crippen LogP contribution in [0.1, 0.15) is 6.42 Å². The number of alkyl halides is 9. The van der Waals surface area contributed by atoms with Gasteiger partial charge in [-0.2, -0.15) is 39.5 Å². The summed E-state index contributed by atoms with van der Waals surface area (Å²) in [5.74, 6) is -19.0. The van der Waals surface area contributed by atoms with Gasteiger partial charge in [-0.05, 0) is 6.04 Å². The van der Waals surface area contributed by atoms with E-state index in [1.165, 1.54) is 0 Å². The van der Waals surface area contributed by atoms with E-state index in [9.17, 15) is 39.5 Å². The van der Waals surface area contributed by atoms with Crippen molar-refractivity contribution in [2.45, 2.75) is 36.4 Å². The van der Waals surface area contributed by atoms with Crippen LogP contribution < -0.4 is 0 Å². The van der Waals surface area contributed by atoms with E-state index in [-0.39, 0.29) is 0 Å². The summed E-state index contributed by atoms with van der Waals surface area (Å²) in [6, 6.07) is -0.858. The van der Waals surface area contributed by atoms with E-state index in [4.69, 9.17) is 0 Å². The fraction of sp³-hybridized carbons (Fsp3) is 1.00. The van der Waals surface area contributed by atoms with Gasteiger partial charge in [-0.3, -0.25) is 0 Å². The molecule has 0 aliphatic rings. The summed E-state index contributed by atoms with van der Waals surface area (Å²) >= 11 is 0. The first-order valence-corrected chi connectivity index (χ1v) is 6.76. The molecule has 0 bridgehead atoms. The molecule has 12 heteroatoms. The molecule has 0 unspecified atom stereocenters. The van der Waals surface area contributed by atoms with Crippen LogP contribution in [-0.4, -0.2) is 47.4 Å². The van der Waals surface area contributed by atoms with Gasteiger partial charge in [-0.1, -0.05) is 0 Å². The fourth-order valence-corrected chi connectivity index (χ4v) is 2.46. The summed E-state index contributed by atoms with van der Waals surface area (Å²) in [4.78, 5) is 0. The van der Waals surface area contributed by atoms with Crippen molar-refractivity contribution < 1.29 is 48.4 Å². The van der Waals surface area contributed by atoms with Crippen molar-refractivity contribution in [3.8, 4) is 0 Å². The maximum absolute atomic E-state index is 13.0. The Morgan fingerprint density at radius 2 is 1.15 bits per heavy atom. The molecule has 122 valence electrons. The lowest BCUT2D eigenvalue weighted by molar-refractivity contribution is -0.396. The Bertz CT molecular complexity index is 314. The SMILES string of the molecule is CO[SiH](CCC(F)(F)C(F)(F)C(F)(F)C(F)(F)F)OC. The van der Waals surface area contributed by atoms with E-state index >= 15 is 0 Å². The summed E-state index contributed by atoms with van der Waals surface area (Å²) in [6.07, 6.45) is -8.70. The average Bonchev–Trinajstić information content (AvgIpc) is 2.28. The van der Waals surface area contributed by atoms with Gasteiger partial charge in [0.1, 0.15) is 0 Å². The van der Waals surface area contributed by atoms with Crippen molar-refractivity contribution in [1.29, 1.82) is 0 Å². The molecule has 0 saturated carbocycles. The molecule has 0 rings (SSSR count). The third-order valence-electron chi connectivity index (χ3n) is 2.43. The van der Waals surface area contributed by atoms with Crippen LogP contribution in [0.25, 0.3) is 0 Å². The molecule has 0 aromatic rings. The summed E-state index contributed by atoms with van der Waals surface area (Å²) in [5.41, 5.74) is 0. The second-order valence-electron chi connectivity index (χ2n) is 3.79. The third-order valence-corrected chi connectivity index (χ3v) is 4.24. The Balaban J connectivity index is 5.16. The smallest absolute Gasteiger partial charge is 0.400 e. The van der Waals surface area contributed by atoms with E-state index in [1.54, 1.807) is 0 Å². The Hall–Kier alpha value is -0.493. The zero-order valence-corrected chi connectivity index (χ0v) is 11.4. The van der Waals surface area contributed by atoms with Crippen LogP contribution in [0, 0.1) is 0 Å². The van der Waals surface area contributed by atoms with Crippen LogP contribution in [0.5, 0.6) is 0 Å². The quantitative estimate of drug-likeness (QED) is 0.524. The van der Waals surface area contributed by atoms with Crippen LogP contribution in [-0.2, 0) is 8.85 Å². The van der Waals surface area contributed by atoms with Gasteiger partial charge in [0.2, 0.25) is 0 Å². The van der Waals surface area contributed by atoms with Crippen LogP contribution >= 0.6 is 0 Å². The molecule has 20 heavy (non-hydrogen) atoms. The highest BCUT2D eigenvalue weighted by Crippen LogP contribution is 2.54. The number of hydrogen-bond donors (Lipinski definition) is 0. The average molecular weight is 338 g/mol. The minimum atomic E-state index is -6.85. The van der Waals surface area contributed by atoms with Crippen molar-refractivity contribution in [2.24, 2.45) is 0 Å². The van der Waals surface area contributed by atoms with Crippen molar-refractivity contribution in [2.75, 3.05) is 14.2 Å². The van der Waals surface area contributed by atoms with E-state index in [1.807, 2.05) is 0 Å². The maximum Gasteiger partial charge on any atom is 0.460 e. The van der Waals surface area contributed by atoms with Crippen LogP contribution in [0.2, 0.25) is 6.04 Å². The van der Waals surface area contributed by atoms with Gasteiger partial charge in [0.05, 0.1) is 0 Å². The Morgan fingerprint density at radius 1 is 0.750 bits per heavy atom. The second-order valence-corrected chi connectivity index (χ2v) is 6.17. The van der Waals surface area contributed by atoms with Gasteiger partial charge < -0.3 is 8.85 Å². The molecule has 0 saturated heterocycles. The van der Waals surface area contributed by atoms with Crippen LogP contribution in [0.15, 0.2) is 0 Å². The summed E-state index contributed by atoms with van der Waals surface area (Å²) in [6.45, 7) is 0. The highest BCUT2D eigenvalue weighted by molar-refractivity contribution is 6.44. The first-order chi connectivity index (χ1) is 8.74. The minimum Gasteiger partial charge on any atom is -0.400 e. The molecule has 0 atom stereocenters.